The molecule has 0 bridgehead atoms. The molecule has 1 aromatic carbocycles. The van der Waals surface area contributed by atoms with Crippen LogP contribution in [0.4, 0.5) is 14.6 Å². The largest absolute Gasteiger partial charge is 0.327 e. The highest BCUT2D eigenvalue weighted by Gasteiger charge is 2.19. The summed E-state index contributed by atoms with van der Waals surface area (Å²) in [7, 11) is -3.26. The van der Waals surface area contributed by atoms with E-state index in [1.165, 1.54) is 11.3 Å². The van der Waals surface area contributed by atoms with Crippen LogP contribution in [0.3, 0.4) is 0 Å². The first-order chi connectivity index (χ1) is 13.3. The van der Waals surface area contributed by atoms with Crippen molar-refractivity contribution >= 4 is 22.0 Å². The number of nitrogens with zero attached hydrogens (tertiary/aromatic N) is 4. The molecule has 28 heavy (non-hydrogen) atoms. The second-order valence-corrected chi connectivity index (χ2v) is 8.29. The third-order valence-electron chi connectivity index (χ3n) is 4.21. The lowest BCUT2D eigenvalue weighted by atomic mass is 10.1. The molecule has 0 spiro atoms. The van der Waals surface area contributed by atoms with E-state index in [0.29, 0.717) is 5.82 Å². The Morgan fingerprint density at radius 1 is 1.18 bits per heavy atom. The van der Waals surface area contributed by atoms with Crippen molar-refractivity contribution in [1.82, 2.24) is 9.99 Å². The van der Waals surface area contributed by atoms with Crippen molar-refractivity contribution < 1.29 is 17.2 Å². The predicted molar refractivity (Wildman–Crippen MR) is 104 cm³/mol. The zero-order chi connectivity index (χ0) is 20.3. The van der Waals surface area contributed by atoms with Crippen LogP contribution in [-0.4, -0.2) is 50.8 Å². The Bertz CT molecular complexity index is 1020. The van der Waals surface area contributed by atoms with Gasteiger partial charge in [0.1, 0.15) is 18.8 Å². The van der Waals surface area contributed by atoms with Crippen LogP contribution >= 0.6 is 0 Å². The molecule has 3 rings (SSSR count). The maximum Gasteiger partial charge on any atom is 0.272 e. The molecule has 0 saturated carbocycles. The molecule has 1 aliphatic heterocycles. The molecule has 0 atom stereocenters. The van der Waals surface area contributed by atoms with Gasteiger partial charge in [-0.15, -0.1) is 0 Å². The normalized spacial score (nSPS) is 13.9. The average molecular weight is 407 g/mol. The van der Waals surface area contributed by atoms with Gasteiger partial charge < -0.3 is 5.73 Å². The molecule has 0 unspecified atom stereocenters. The number of halogens is 2. The molecular formula is C18H19F2N5O2S. The van der Waals surface area contributed by atoms with E-state index in [4.69, 9.17) is 5.73 Å². The van der Waals surface area contributed by atoms with Crippen molar-refractivity contribution in [2.45, 2.75) is 4.90 Å². The molecule has 0 saturated heterocycles. The van der Waals surface area contributed by atoms with Crippen LogP contribution in [0, 0.1) is 0 Å². The van der Waals surface area contributed by atoms with Gasteiger partial charge in [0.15, 0.2) is 9.84 Å². The van der Waals surface area contributed by atoms with Gasteiger partial charge in [0.25, 0.3) is 6.08 Å². The van der Waals surface area contributed by atoms with Crippen LogP contribution in [0.1, 0.15) is 0 Å². The number of hydrazone groups is 1. The summed E-state index contributed by atoms with van der Waals surface area (Å²) < 4.78 is 48.7. The van der Waals surface area contributed by atoms with Gasteiger partial charge >= 0.3 is 0 Å². The highest BCUT2D eigenvalue weighted by Crippen LogP contribution is 2.25. The lowest BCUT2D eigenvalue weighted by Gasteiger charge is -2.19. The fourth-order valence-electron chi connectivity index (χ4n) is 2.68. The lowest BCUT2D eigenvalue weighted by Crippen LogP contribution is -2.29. The first-order valence-corrected chi connectivity index (χ1v) is 10.2. The van der Waals surface area contributed by atoms with Gasteiger partial charge in [0.05, 0.1) is 11.4 Å². The number of benzene rings is 1. The summed E-state index contributed by atoms with van der Waals surface area (Å²) in [6.07, 6.45) is 2.51. The first-order valence-electron chi connectivity index (χ1n) is 8.33. The SMILES string of the molecule is CS(=O)(=O)c1ccc(-c2ccnc(N3C=NN(CC(CN)=C(F)F)C3)c2)cc1. The number of hydrogen-bond donors (Lipinski definition) is 1. The van der Waals surface area contributed by atoms with Crippen LogP contribution in [0.25, 0.3) is 11.1 Å². The Kier molecular flexibility index (Phi) is 5.71. The molecule has 0 amide bonds. The first kappa shape index (κ1) is 19.9. The fourth-order valence-corrected chi connectivity index (χ4v) is 3.31. The van der Waals surface area contributed by atoms with Gasteiger partial charge in [-0.1, -0.05) is 12.1 Å². The predicted octanol–water partition coefficient (Wildman–Crippen LogP) is 2.28. The number of hydrogen-bond acceptors (Lipinski definition) is 7. The van der Waals surface area contributed by atoms with E-state index < -0.39 is 15.9 Å². The summed E-state index contributed by atoms with van der Waals surface area (Å²) in [4.78, 5) is 6.27. The van der Waals surface area contributed by atoms with E-state index >= 15 is 0 Å². The summed E-state index contributed by atoms with van der Waals surface area (Å²) >= 11 is 0. The summed E-state index contributed by atoms with van der Waals surface area (Å²) in [5.41, 5.74) is 6.85. The molecule has 0 aliphatic carbocycles. The van der Waals surface area contributed by atoms with Crippen LogP contribution in [-0.2, 0) is 9.84 Å². The van der Waals surface area contributed by atoms with Crippen LogP contribution in [0.15, 0.2) is 64.2 Å². The molecule has 2 heterocycles. The maximum atomic E-state index is 12.8. The Morgan fingerprint density at radius 2 is 1.89 bits per heavy atom. The smallest absolute Gasteiger partial charge is 0.272 e. The van der Waals surface area contributed by atoms with Gasteiger partial charge in [-0.3, -0.25) is 9.91 Å². The number of rotatable bonds is 6. The second-order valence-electron chi connectivity index (χ2n) is 6.27. The monoisotopic (exact) mass is 407 g/mol. The summed E-state index contributed by atoms with van der Waals surface area (Å²) in [6, 6.07) is 10.2. The molecule has 7 nitrogen and oxygen atoms in total. The molecule has 1 aromatic heterocycles. The molecule has 2 N–H and O–H groups in total. The number of sulfone groups is 1. The van der Waals surface area contributed by atoms with E-state index in [9.17, 15) is 17.2 Å². The Labute approximate surface area is 161 Å². The standard InChI is InChI=1S/C18H19F2N5O2S/c1-28(26,27)16-4-2-13(3-5-16)14-6-7-22-17(8-14)24-11-23-25(12-24)10-15(9-21)18(19)20/h2-8,11H,9-10,12,21H2,1H3. The Morgan fingerprint density at radius 3 is 2.50 bits per heavy atom. The van der Waals surface area contributed by atoms with Gasteiger partial charge in [0.2, 0.25) is 0 Å². The quantitative estimate of drug-likeness (QED) is 0.790. The summed E-state index contributed by atoms with van der Waals surface area (Å²) in [5.74, 6) is 0.593. The van der Waals surface area contributed by atoms with E-state index in [0.717, 1.165) is 17.4 Å². The molecule has 148 valence electrons. The number of aromatic nitrogens is 1. The summed E-state index contributed by atoms with van der Waals surface area (Å²) in [6.45, 7) is -0.0235. The molecular weight excluding hydrogens is 388 g/mol. The van der Waals surface area contributed by atoms with Crippen molar-refractivity contribution in [2.24, 2.45) is 10.8 Å². The van der Waals surface area contributed by atoms with Crippen LogP contribution in [0.5, 0.6) is 0 Å². The lowest BCUT2D eigenvalue weighted by molar-refractivity contribution is 0.326. The third-order valence-corrected chi connectivity index (χ3v) is 5.34. The van der Waals surface area contributed by atoms with Gasteiger partial charge in [-0.05, 0) is 35.4 Å². The van der Waals surface area contributed by atoms with Crippen molar-refractivity contribution in [3.8, 4) is 11.1 Å². The zero-order valence-corrected chi connectivity index (χ0v) is 15.9. The van der Waals surface area contributed by atoms with Crippen molar-refractivity contribution in [1.29, 1.82) is 0 Å². The minimum atomic E-state index is -3.26. The number of nitrogens with two attached hydrogens (primary N) is 1. The Balaban J connectivity index is 1.76. The Hall–Kier alpha value is -2.85. The summed E-state index contributed by atoms with van der Waals surface area (Å²) in [5, 5.41) is 5.58. The maximum absolute atomic E-state index is 12.8. The van der Waals surface area contributed by atoms with Crippen molar-refractivity contribution in [3.63, 3.8) is 0 Å². The minimum Gasteiger partial charge on any atom is -0.327 e. The van der Waals surface area contributed by atoms with E-state index in [-0.39, 0.29) is 30.2 Å². The highest BCUT2D eigenvalue weighted by atomic mass is 32.2. The number of anilines is 1. The minimum absolute atomic E-state index is 0.0571. The molecule has 2 aromatic rings. The van der Waals surface area contributed by atoms with Gasteiger partial charge in [-0.2, -0.15) is 13.9 Å². The third kappa shape index (κ3) is 4.52. The van der Waals surface area contributed by atoms with E-state index in [1.54, 1.807) is 41.4 Å². The number of pyridine rings is 1. The van der Waals surface area contributed by atoms with Gasteiger partial charge in [0, 0.05) is 24.6 Å². The van der Waals surface area contributed by atoms with Crippen LogP contribution in [0.2, 0.25) is 0 Å². The topological polar surface area (TPSA) is 91.9 Å². The molecule has 0 radical (unpaired) electrons. The van der Waals surface area contributed by atoms with Gasteiger partial charge in [-0.25, -0.2) is 13.4 Å². The fraction of sp³-hybridized carbons (Fsp3) is 0.222. The molecule has 10 heteroatoms. The van der Waals surface area contributed by atoms with Crippen LogP contribution < -0.4 is 10.6 Å². The zero-order valence-electron chi connectivity index (χ0n) is 15.1. The van der Waals surface area contributed by atoms with E-state index in [2.05, 4.69) is 10.1 Å². The van der Waals surface area contributed by atoms with E-state index in [1.807, 2.05) is 6.07 Å². The van der Waals surface area contributed by atoms with Crippen molar-refractivity contribution in [2.75, 3.05) is 30.9 Å². The van der Waals surface area contributed by atoms with Crippen molar-refractivity contribution in [3.05, 3.63) is 54.2 Å². The highest BCUT2D eigenvalue weighted by molar-refractivity contribution is 7.90. The molecule has 0 fully saturated rings. The average Bonchev–Trinajstić information content (AvgIpc) is 3.14. The second kappa shape index (κ2) is 8.03. The molecule has 1 aliphatic rings.